The number of para-hydroxylation sites is 1. The predicted octanol–water partition coefficient (Wildman–Crippen LogP) is 7.85. The quantitative estimate of drug-likeness (QED) is 0.163. The van der Waals surface area contributed by atoms with Crippen molar-refractivity contribution >= 4 is 50.7 Å². The molecule has 1 saturated carbocycles. The number of anilines is 1. The third-order valence-electron chi connectivity index (χ3n) is 8.19. The van der Waals surface area contributed by atoms with Crippen molar-refractivity contribution in [1.82, 2.24) is 10.2 Å². The minimum Gasteiger partial charge on any atom is -0.457 e. The summed E-state index contributed by atoms with van der Waals surface area (Å²) in [4.78, 5) is 29.2. The molecule has 0 unspecified atom stereocenters. The molecule has 246 valence electrons. The molecule has 8 nitrogen and oxygen atoms in total. The highest BCUT2D eigenvalue weighted by Crippen LogP contribution is 2.29. The summed E-state index contributed by atoms with van der Waals surface area (Å²) in [5.74, 6) is 0.234. The van der Waals surface area contributed by atoms with Crippen molar-refractivity contribution in [2.45, 2.75) is 62.6 Å². The normalized spacial score (nSPS) is 14.2. The molecule has 0 aliphatic heterocycles. The van der Waals surface area contributed by atoms with E-state index in [-0.39, 0.29) is 29.1 Å². The first-order valence-electron chi connectivity index (χ1n) is 15.6. The van der Waals surface area contributed by atoms with Crippen LogP contribution >= 0.6 is 23.2 Å². The number of halogens is 2. The van der Waals surface area contributed by atoms with Crippen molar-refractivity contribution < 1.29 is 22.7 Å². The minimum atomic E-state index is -4.21. The third kappa shape index (κ3) is 8.86. The van der Waals surface area contributed by atoms with Gasteiger partial charge in [0.05, 0.1) is 10.6 Å². The second-order valence-corrected chi connectivity index (χ2v) is 14.2. The monoisotopic (exact) mass is 693 g/mol. The van der Waals surface area contributed by atoms with Gasteiger partial charge in [-0.05, 0) is 86.0 Å². The number of hydrogen-bond donors (Lipinski definition) is 1. The fraction of sp³-hybridized carbons (Fsp3) is 0.278. The zero-order chi connectivity index (χ0) is 33.4. The fourth-order valence-electron chi connectivity index (χ4n) is 5.54. The van der Waals surface area contributed by atoms with E-state index in [1.54, 1.807) is 67.6 Å². The Hall–Kier alpha value is -4.05. The van der Waals surface area contributed by atoms with Crippen molar-refractivity contribution in [3.63, 3.8) is 0 Å². The lowest BCUT2D eigenvalue weighted by Crippen LogP contribution is -2.53. The number of rotatable bonds is 12. The van der Waals surface area contributed by atoms with Gasteiger partial charge in [-0.1, -0.05) is 84.9 Å². The van der Waals surface area contributed by atoms with Crippen LogP contribution in [0.1, 0.15) is 44.6 Å². The molecule has 1 aliphatic carbocycles. The number of amides is 2. The summed E-state index contributed by atoms with van der Waals surface area (Å²) < 4.78 is 35.1. The van der Waals surface area contributed by atoms with Crippen LogP contribution in [0.5, 0.6) is 11.5 Å². The zero-order valence-electron chi connectivity index (χ0n) is 26.0. The molecule has 4 aromatic rings. The van der Waals surface area contributed by atoms with Gasteiger partial charge >= 0.3 is 0 Å². The van der Waals surface area contributed by atoms with Crippen molar-refractivity contribution in [2.24, 2.45) is 0 Å². The van der Waals surface area contributed by atoms with E-state index in [1.165, 1.54) is 17.0 Å². The van der Waals surface area contributed by atoms with Gasteiger partial charge in [-0.25, -0.2) is 8.42 Å². The third-order valence-corrected chi connectivity index (χ3v) is 10.6. The summed E-state index contributed by atoms with van der Waals surface area (Å²) in [6.45, 7) is 1.05. The molecule has 47 heavy (non-hydrogen) atoms. The first-order chi connectivity index (χ1) is 22.6. The van der Waals surface area contributed by atoms with Crippen molar-refractivity contribution in [1.29, 1.82) is 0 Å². The lowest BCUT2D eigenvalue weighted by Gasteiger charge is -2.33. The number of carbonyl (C=O) groups is 2. The van der Waals surface area contributed by atoms with Gasteiger partial charge in [0.15, 0.2) is 0 Å². The van der Waals surface area contributed by atoms with Gasteiger partial charge in [-0.3, -0.25) is 13.9 Å². The standard InChI is InChI=1S/C36H37Cl2N3O5S/c1-26(36(43)39-29-11-5-2-6-12-29)40(24-27-17-18-28(37)23-34(27)38)35(42)25-41(47(44,45)33-15-9-4-10-16-33)30-19-21-32(22-20-30)46-31-13-7-3-8-14-31/h3-4,7-10,13-23,26,29H,2,5-6,11-12,24-25H2,1H3,(H,39,43)/t26-/m0/s1. The van der Waals surface area contributed by atoms with Gasteiger partial charge in [0.25, 0.3) is 10.0 Å². The van der Waals surface area contributed by atoms with Crippen LogP contribution in [-0.2, 0) is 26.2 Å². The summed E-state index contributed by atoms with van der Waals surface area (Å²) in [5, 5.41) is 3.86. The van der Waals surface area contributed by atoms with Gasteiger partial charge < -0.3 is 15.0 Å². The van der Waals surface area contributed by atoms with Crippen LogP contribution in [-0.4, -0.2) is 43.8 Å². The molecule has 2 amide bonds. The van der Waals surface area contributed by atoms with E-state index in [0.717, 1.165) is 36.4 Å². The highest BCUT2D eigenvalue weighted by Gasteiger charge is 2.33. The lowest BCUT2D eigenvalue weighted by atomic mass is 9.95. The Labute approximate surface area is 286 Å². The molecule has 0 heterocycles. The topological polar surface area (TPSA) is 96.0 Å². The Balaban J connectivity index is 1.47. The van der Waals surface area contributed by atoms with E-state index < -0.39 is 28.5 Å². The summed E-state index contributed by atoms with van der Waals surface area (Å²) in [7, 11) is -4.21. The highest BCUT2D eigenvalue weighted by atomic mass is 35.5. The van der Waals surface area contributed by atoms with Crippen LogP contribution in [0.3, 0.4) is 0 Å². The molecule has 0 radical (unpaired) electrons. The van der Waals surface area contributed by atoms with Gasteiger partial charge in [0, 0.05) is 22.6 Å². The molecule has 5 rings (SSSR count). The molecule has 1 aliphatic rings. The minimum absolute atomic E-state index is 0.0211. The maximum Gasteiger partial charge on any atom is 0.264 e. The van der Waals surface area contributed by atoms with Crippen LogP contribution in [0, 0.1) is 0 Å². The predicted molar refractivity (Wildman–Crippen MR) is 185 cm³/mol. The maximum absolute atomic E-state index is 14.3. The summed E-state index contributed by atoms with van der Waals surface area (Å²) in [6.07, 6.45) is 4.95. The van der Waals surface area contributed by atoms with Crippen molar-refractivity contribution in [3.05, 3.63) is 119 Å². The maximum atomic E-state index is 14.3. The number of nitrogens with zero attached hydrogens (tertiary/aromatic N) is 2. The largest absolute Gasteiger partial charge is 0.457 e. The highest BCUT2D eigenvalue weighted by molar-refractivity contribution is 7.92. The SMILES string of the molecule is C[C@@H](C(=O)NC1CCCCC1)N(Cc1ccc(Cl)cc1Cl)C(=O)CN(c1ccc(Oc2ccccc2)cc1)S(=O)(=O)c1ccccc1. The van der Waals surface area contributed by atoms with Gasteiger partial charge in [-0.2, -0.15) is 0 Å². The molecule has 1 fully saturated rings. The fourth-order valence-corrected chi connectivity index (χ4v) is 7.44. The van der Waals surface area contributed by atoms with Crippen LogP contribution in [0.25, 0.3) is 0 Å². The summed E-state index contributed by atoms with van der Waals surface area (Å²) in [5.41, 5.74) is 0.827. The molecule has 0 aromatic heterocycles. The second kappa shape index (κ2) is 15.7. The Bertz CT molecular complexity index is 1770. The van der Waals surface area contributed by atoms with Crippen molar-refractivity contribution in [2.75, 3.05) is 10.8 Å². The molecule has 4 aromatic carbocycles. The zero-order valence-corrected chi connectivity index (χ0v) is 28.3. The summed E-state index contributed by atoms with van der Waals surface area (Å²) >= 11 is 12.6. The van der Waals surface area contributed by atoms with E-state index in [2.05, 4.69) is 5.32 Å². The molecule has 0 bridgehead atoms. The first kappa shape index (κ1) is 34.3. The van der Waals surface area contributed by atoms with Gasteiger partial charge in [0.2, 0.25) is 11.8 Å². The van der Waals surface area contributed by atoms with Gasteiger partial charge in [0.1, 0.15) is 24.1 Å². The molecule has 0 spiro atoms. The van der Waals surface area contributed by atoms with Crippen LogP contribution in [0.15, 0.2) is 108 Å². The first-order valence-corrected chi connectivity index (χ1v) is 17.8. The Morgan fingerprint density at radius 1 is 0.851 bits per heavy atom. The average Bonchev–Trinajstić information content (AvgIpc) is 3.08. The Morgan fingerprint density at radius 2 is 1.47 bits per heavy atom. The van der Waals surface area contributed by atoms with E-state index in [1.807, 2.05) is 30.3 Å². The van der Waals surface area contributed by atoms with Crippen LogP contribution in [0.2, 0.25) is 10.0 Å². The number of benzene rings is 4. The molecular formula is C36H37Cl2N3O5S. The molecule has 1 atom stereocenters. The lowest BCUT2D eigenvalue weighted by molar-refractivity contribution is -0.139. The van der Waals surface area contributed by atoms with Crippen LogP contribution in [0.4, 0.5) is 5.69 Å². The molecular weight excluding hydrogens is 657 g/mol. The van der Waals surface area contributed by atoms with Crippen LogP contribution < -0.4 is 14.4 Å². The number of sulfonamides is 1. The number of carbonyl (C=O) groups excluding carboxylic acids is 2. The molecule has 0 saturated heterocycles. The number of nitrogens with one attached hydrogen (secondary N) is 1. The van der Waals surface area contributed by atoms with E-state index in [9.17, 15) is 18.0 Å². The summed E-state index contributed by atoms with van der Waals surface area (Å²) in [6, 6.07) is 27.6. The second-order valence-electron chi connectivity index (χ2n) is 11.5. The number of ether oxygens (including phenoxy) is 1. The van der Waals surface area contributed by atoms with E-state index in [0.29, 0.717) is 27.1 Å². The number of hydrogen-bond acceptors (Lipinski definition) is 5. The Kier molecular flexibility index (Phi) is 11.4. The Morgan fingerprint density at radius 3 is 2.11 bits per heavy atom. The average molecular weight is 695 g/mol. The molecule has 1 N–H and O–H groups in total. The smallest absolute Gasteiger partial charge is 0.264 e. The molecule has 11 heteroatoms. The van der Waals surface area contributed by atoms with E-state index in [4.69, 9.17) is 27.9 Å². The van der Waals surface area contributed by atoms with Crippen molar-refractivity contribution in [3.8, 4) is 11.5 Å². The van der Waals surface area contributed by atoms with Gasteiger partial charge in [-0.15, -0.1) is 0 Å². The van der Waals surface area contributed by atoms with E-state index >= 15 is 0 Å².